The third-order valence-corrected chi connectivity index (χ3v) is 5.59. The van der Waals surface area contributed by atoms with Crippen LogP contribution in [0.15, 0.2) is 29.2 Å². The van der Waals surface area contributed by atoms with Gasteiger partial charge in [0.1, 0.15) is 0 Å². The maximum Gasteiger partial charge on any atom is 0.304 e. The Morgan fingerprint density at radius 3 is 2.52 bits per heavy atom. The van der Waals surface area contributed by atoms with Gasteiger partial charge in [0.15, 0.2) is 9.84 Å². The third kappa shape index (κ3) is 3.27. The minimum atomic E-state index is -3.29. The summed E-state index contributed by atoms with van der Waals surface area (Å²) in [6.07, 6.45) is -0.00398. The number of carboxylic acids is 1. The highest BCUT2D eigenvalue weighted by Crippen LogP contribution is 2.39. The molecule has 1 aliphatic heterocycles. The first-order valence-corrected chi connectivity index (χ1v) is 8.58. The molecule has 0 amide bonds. The first kappa shape index (κ1) is 16.0. The van der Waals surface area contributed by atoms with Gasteiger partial charge in [-0.25, -0.2) is 8.42 Å². The number of hydrogen-bond donors (Lipinski definition) is 1. The van der Waals surface area contributed by atoms with Gasteiger partial charge in [-0.3, -0.25) is 9.69 Å². The van der Waals surface area contributed by atoms with Gasteiger partial charge >= 0.3 is 5.97 Å². The third-order valence-electron chi connectivity index (χ3n) is 3.79. The highest BCUT2D eigenvalue weighted by atomic mass is 32.2. The van der Waals surface area contributed by atoms with Crippen molar-refractivity contribution in [1.29, 1.82) is 0 Å². The highest BCUT2D eigenvalue weighted by Gasteiger charge is 2.41. The molecule has 6 heteroatoms. The number of rotatable bonds is 4. The standard InChI is InChI=1S/C15H21NO4S/c1-15(2,3)16(9-8-14(17)18)12-10-21(19,20)13-7-5-4-6-11(12)13/h4-7,12H,8-10H2,1-3H3,(H,17,18). The highest BCUT2D eigenvalue weighted by molar-refractivity contribution is 7.91. The average Bonchev–Trinajstić information content (AvgIpc) is 2.61. The second kappa shape index (κ2) is 5.42. The molecule has 0 spiro atoms. The Bertz CT molecular complexity index is 646. The van der Waals surface area contributed by atoms with E-state index in [-0.39, 0.29) is 23.8 Å². The van der Waals surface area contributed by atoms with Gasteiger partial charge in [0.2, 0.25) is 0 Å². The van der Waals surface area contributed by atoms with Crippen molar-refractivity contribution in [2.24, 2.45) is 0 Å². The number of benzene rings is 1. The molecule has 0 saturated heterocycles. The summed E-state index contributed by atoms with van der Waals surface area (Å²) in [5.74, 6) is -0.859. The SMILES string of the molecule is CC(C)(C)N(CCC(=O)O)C1CS(=O)(=O)c2ccccc21. The molecular formula is C15H21NO4S. The normalized spacial score (nSPS) is 20.5. The maximum atomic E-state index is 12.3. The number of hydrogen-bond acceptors (Lipinski definition) is 4. The van der Waals surface area contributed by atoms with Crippen molar-refractivity contribution < 1.29 is 18.3 Å². The molecule has 0 fully saturated rings. The molecule has 1 N–H and O–H groups in total. The molecule has 0 bridgehead atoms. The van der Waals surface area contributed by atoms with Gasteiger partial charge in [0, 0.05) is 12.1 Å². The molecule has 1 aliphatic rings. The lowest BCUT2D eigenvalue weighted by molar-refractivity contribution is -0.137. The van der Waals surface area contributed by atoms with Crippen LogP contribution in [0, 0.1) is 0 Å². The van der Waals surface area contributed by atoms with Crippen molar-refractivity contribution in [3.63, 3.8) is 0 Å². The second-order valence-corrected chi connectivity index (χ2v) is 8.35. The number of sulfone groups is 1. The van der Waals surface area contributed by atoms with Gasteiger partial charge in [0.05, 0.1) is 23.1 Å². The van der Waals surface area contributed by atoms with Gasteiger partial charge < -0.3 is 5.11 Å². The molecule has 0 radical (unpaired) electrons. The van der Waals surface area contributed by atoms with E-state index in [0.717, 1.165) is 5.56 Å². The first-order chi connectivity index (χ1) is 9.63. The molecule has 116 valence electrons. The van der Waals surface area contributed by atoms with E-state index in [1.807, 2.05) is 37.8 Å². The molecule has 0 aromatic heterocycles. The average molecular weight is 311 g/mol. The Balaban J connectivity index is 2.41. The van der Waals surface area contributed by atoms with Crippen LogP contribution in [0.3, 0.4) is 0 Å². The van der Waals surface area contributed by atoms with Crippen LogP contribution in [0.5, 0.6) is 0 Å². The summed E-state index contributed by atoms with van der Waals surface area (Å²) in [5.41, 5.74) is 0.463. The van der Waals surface area contributed by atoms with E-state index < -0.39 is 15.8 Å². The number of carbonyl (C=O) groups is 1. The topological polar surface area (TPSA) is 74.7 Å². The number of nitrogens with zero attached hydrogens (tertiary/aromatic N) is 1. The monoisotopic (exact) mass is 311 g/mol. The van der Waals surface area contributed by atoms with Crippen molar-refractivity contribution in [3.8, 4) is 0 Å². The van der Waals surface area contributed by atoms with Gasteiger partial charge in [-0.1, -0.05) is 18.2 Å². The number of fused-ring (bicyclic) bond motifs is 1. The second-order valence-electron chi connectivity index (χ2n) is 6.34. The van der Waals surface area contributed by atoms with Crippen LogP contribution in [-0.4, -0.2) is 42.2 Å². The van der Waals surface area contributed by atoms with Crippen LogP contribution in [0.1, 0.15) is 38.8 Å². The summed E-state index contributed by atoms with van der Waals surface area (Å²) in [7, 11) is -3.29. The molecule has 0 saturated carbocycles. The number of carboxylic acid groups (broad SMARTS) is 1. The summed E-state index contributed by atoms with van der Waals surface area (Å²) in [5, 5.41) is 8.92. The smallest absolute Gasteiger partial charge is 0.304 e. The minimum Gasteiger partial charge on any atom is -0.481 e. The van der Waals surface area contributed by atoms with Crippen molar-refractivity contribution in [2.45, 2.75) is 43.7 Å². The first-order valence-electron chi connectivity index (χ1n) is 6.93. The Morgan fingerprint density at radius 2 is 1.95 bits per heavy atom. The van der Waals surface area contributed by atoms with Crippen LogP contribution in [0.4, 0.5) is 0 Å². The molecule has 5 nitrogen and oxygen atoms in total. The molecule has 1 aromatic rings. The van der Waals surface area contributed by atoms with Gasteiger partial charge in [0.25, 0.3) is 0 Å². The molecule has 1 aromatic carbocycles. The molecule has 0 aliphatic carbocycles. The fourth-order valence-corrected chi connectivity index (χ4v) is 4.66. The summed E-state index contributed by atoms with van der Waals surface area (Å²) >= 11 is 0. The van der Waals surface area contributed by atoms with E-state index in [9.17, 15) is 13.2 Å². The predicted molar refractivity (Wildman–Crippen MR) is 79.9 cm³/mol. The van der Waals surface area contributed by atoms with Gasteiger partial charge in [-0.2, -0.15) is 0 Å². The van der Waals surface area contributed by atoms with E-state index in [4.69, 9.17) is 5.11 Å². The summed E-state index contributed by atoms with van der Waals surface area (Å²) in [6, 6.07) is 6.71. The fraction of sp³-hybridized carbons (Fsp3) is 0.533. The van der Waals surface area contributed by atoms with E-state index >= 15 is 0 Å². The van der Waals surface area contributed by atoms with Crippen LogP contribution < -0.4 is 0 Å². The molecule has 2 rings (SSSR count). The Labute approximate surface area is 125 Å². The van der Waals surface area contributed by atoms with Crippen LogP contribution >= 0.6 is 0 Å². The lowest BCUT2D eigenvalue weighted by Gasteiger charge is -2.40. The molecular weight excluding hydrogens is 290 g/mol. The quantitative estimate of drug-likeness (QED) is 0.921. The van der Waals surface area contributed by atoms with Crippen LogP contribution in [0.2, 0.25) is 0 Å². The van der Waals surface area contributed by atoms with Crippen LogP contribution in [-0.2, 0) is 14.6 Å². The summed E-state index contributed by atoms with van der Waals surface area (Å²) in [4.78, 5) is 13.2. The summed E-state index contributed by atoms with van der Waals surface area (Å²) < 4.78 is 24.6. The van der Waals surface area contributed by atoms with Crippen molar-refractivity contribution in [3.05, 3.63) is 29.8 Å². The van der Waals surface area contributed by atoms with Gasteiger partial charge in [-0.15, -0.1) is 0 Å². The lowest BCUT2D eigenvalue weighted by atomic mass is 9.98. The predicted octanol–water partition coefficient (Wildman–Crippen LogP) is 2.09. The van der Waals surface area contributed by atoms with Gasteiger partial charge in [-0.05, 0) is 32.4 Å². The molecule has 1 atom stereocenters. The molecule has 1 unspecified atom stereocenters. The lowest BCUT2D eigenvalue weighted by Crippen LogP contribution is -2.45. The maximum absolute atomic E-state index is 12.3. The summed E-state index contributed by atoms with van der Waals surface area (Å²) in [6.45, 7) is 6.25. The zero-order chi connectivity index (χ0) is 15.8. The Kier molecular flexibility index (Phi) is 4.13. The van der Waals surface area contributed by atoms with E-state index in [1.165, 1.54) is 0 Å². The Morgan fingerprint density at radius 1 is 1.33 bits per heavy atom. The van der Waals surface area contributed by atoms with Crippen LogP contribution in [0.25, 0.3) is 0 Å². The Hall–Kier alpha value is -1.40. The van der Waals surface area contributed by atoms with Crippen molar-refractivity contribution in [1.82, 2.24) is 4.90 Å². The van der Waals surface area contributed by atoms with Crippen molar-refractivity contribution in [2.75, 3.05) is 12.3 Å². The zero-order valence-electron chi connectivity index (χ0n) is 12.5. The fourth-order valence-electron chi connectivity index (χ4n) is 2.86. The van der Waals surface area contributed by atoms with Crippen molar-refractivity contribution >= 4 is 15.8 Å². The molecule has 21 heavy (non-hydrogen) atoms. The van der Waals surface area contributed by atoms with E-state index in [2.05, 4.69) is 0 Å². The molecule has 1 heterocycles. The van der Waals surface area contributed by atoms with E-state index in [0.29, 0.717) is 11.4 Å². The van der Waals surface area contributed by atoms with E-state index in [1.54, 1.807) is 12.1 Å². The minimum absolute atomic E-state index is 0.00398. The number of aliphatic carboxylic acids is 1. The zero-order valence-corrected chi connectivity index (χ0v) is 13.4. The largest absolute Gasteiger partial charge is 0.481 e.